The van der Waals surface area contributed by atoms with E-state index >= 15 is 0 Å². The van der Waals surface area contributed by atoms with Gasteiger partial charge in [0.15, 0.2) is 0 Å². The largest absolute Gasteiger partial charge is 0.494 e. The maximum Gasteiger partial charge on any atom is 0.227 e. The van der Waals surface area contributed by atoms with Crippen molar-refractivity contribution in [3.8, 4) is 5.75 Å². The fourth-order valence-corrected chi connectivity index (χ4v) is 4.25. The van der Waals surface area contributed by atoms with Crippen molar-refractivity contribution in [2.75, 3.05) is 18.1 Å². The zero-order valence-electron chi connectivity index (χ0n) is 16.3. The lowest BCUT2D eigenvalue weighted by molar-refractivity contribution is -0.125. The zero-order valence-corrected chi connectivity index (χ0v) is 17.1. The van der Waals surface area contributed by atoms with Crippen LogP contribution in [0.2, 0.25) is 0 Å². The van der Waals surface area contributed by atoms with Gasteiger partial charge in [-0.2, -0.15) is 0 Å². The normalized spacial score (nSPS) is 15.6. The molecule has 28 heavy (non-hydrogen) atoms. The molecule has 2 aromatic rings. The number of benzene rings is 2. The van der Waals surface area contributed by atoms with Crippen LogP contribution < -0.4 is 15.0 Å². The van der Waals surface area contributed by atoms with E-state index in [0.717, 1.165) is 21.9 Å². The maximum absolute atomic E-state index is 12.7. The molecule has 0 saturated carbocycles. The van der Waals surface area contributed by atoms with Gasteiger partial charge >= 0.3 is 0 Å². The van der Waals surface area contributed by atoms with E-state index in [-0.39, 0.29) is 24.7 Å². The second-order valence-corrected chi connectivity index (χ2v) is 8.23. The summed E-state index contributed by atoms with van der Waals surface area (Å²) >= 11 is 1.78. The van der Waals surface area contributed by atoms with Crippen LogP contribution in [-0.4, -0.2) is 30.2 Å². The van der Waals surface area contributed by atoms with Crippen LogP contribution in [0.1, 0.15) is 32.3 Å². The van der Waals surface area contributed by atoms with Crippen molar-refractivity contribution in [2.24, 2.45) is 0 Å². The molecule has 0 saturated heterocycles. The van der Waals surface area contributed by atoms with Crippen molar-refractivity contribution in [2.45, 2.75) is 43.4 Å². The van der Waals surface area contributed by atoms with Gasteiger partial charge < -0.3 is 15.0 Å². The molecule has 0 radical (unpaired) electrons. The number of hydrogen-bond donors (Lipinski definition) is 1. The average Bonchev–Trinajstić information content (AvgIpc) is 2.71. The predicted molar refractivity (Wildman–Crippen MR) is 113 cm³/mol. The van der Waals surface area contributed by atoms with E-state index in [0.29, 0.717) is 24.9 Å². The number of ether oxygens (including phenoxy) is 1. The Bertz CT molecular complexity index is 823. The number of nitrogens with zero attached hydrogens (tertiary/aromatic N) is 1. The van der Waals surface area contributed by atoms with Gasteiger partial charge in [0.2, 0.25) is 11.8 Å². The van der Waals surface area contributed by atoms with Gasteiger partial charge in [-0.05, 0) is 36.8 Å². The van der Waals surface area contributed by atoms with E-state index in [2.05, 4.69) is 12.2 Å². The van der Waals surface area contributed by atoms with E-state index in [1.165, 1.54) is 0 Å². The van der Waals surface area contributed by atoms with E-state index < -0.39 is 0 Å². The summed E-state index contributed by atoms with van der Waals surface area (Å²) in [7, 11) is 0. The number of hydrogen-bond acceptors (Lipinski definition) is 4. The van der Waals surface area contributed by atoms with E-state index in [4.69, 9.17) is 4.74 Å². The number of anilines is 1. The Labute approximate surface area is 170 Å². The molecule has 0 aliphatic carbocycles. The highest BCUT2D eigenvalue weighted by atomic mass is 32.2. The van der Waals surface area contributed by atoms with Gasteiger partial charge in [-0.15, -0.1) is 11.8 Å². The fourth-order valence-electron chi connectivity index (χ4n) is 3.14. The highest BCUT2D eigenvalue weighted by molar-refractivity contribution is 8.00. The molecule has 148 valence electrons. The number of para-hydroxylation sites is 1. The molecule has 1 heterocycles. The number of rotatable bonds is 7. The lowest BCUT2D eigenvalue weighted by Gasteiger charge is -2.32. The van der Waals surface area contributed by atoms with Crippen LogP contribution in [0.5, 0.6) is 5.75 Å². The number of fused-ring (bicyclic) bond motifs is 1. The molecule has 5 nitrogen and oxygen atoms in total. The molecule has 0 spiro atoms. The first-order valence-electron chi connectivity index (χ1n) is 9.61. The van der Waals surface area contributed by atoms with Gasteiger partial charge in [0, 0.05) is 36.1 Å². The maximum atomic E-state index is 12.7. The molecule has 1 atom stereocenters. The highest BCUT2D eigenvalue weighted by Crippen LogP contribution is 2.38. The molecular weight excluding hydrogens is 372 g/mol. The van der Waals surface area contributed by atoms with Crippen LogP contribution in [0.15, 0.2) is 53.4 Å². The molecule has 0 bridgehead atoms. The topological polar surface area (TPSA) is 58.6 Å². The van der Waals surface area contributed by atoms with Crippen LogP contribution in [0.3, 0.4) is 0 Å². The lowest BCUT2D eigenvalue weighted by atomic mass is 10.2. The SMILES string of the molecule is CCOc1ccc(CNC(=O)CCC(=O)N2C[C@@H](C)Sc3ccccc32)cc1. The van der Waals surface area contributed by atoms with Crippen molar-refractivity contribution in [3.05, 3.63) is 54.1 Å². The molecule has 1 N–H and O–H groups in total. The summed E-state index contributed by atoms with van der Waals surface area (Å²) < 4.78 is 5.41. The van der Waals surface area contributed by atoms with E-state index in [9.17, 15) is 9.59 Å². The number of amides is 2. The molecule has 0 fully saturated rings. The Morgan fingerprint density at radius 3 is 2.64 bits per heavy atom. The number of nitrogens with one attached hydrogen (secondary N) is 1. The van der Waals surface area contributed by atoms with Crippen LogP contribution in [0.4, 0.5) is 5.69 Å². The molecule has 0 unspecified atom stereocenters. The summed E-state index contributed by atoms with van der Waals surface area (Å²) in [5.74, 6) is 0.697. The Hall–Kier alpha value is -2.47. The van der Waals surface area contributed by atoms with E-state index in [1.54, 1.807) is 11.8 Å². The summed E-state index contributed by atoms with van der Waals surface area (Å²) in [4.78, 5) is 27.8. The third-order valence-electron chi connectivity index (χ3n) is 4.51. The summed E-state index contributed by atoms with van der Waals surface area (Å²) in [6.07, 6.45) is 0.400. The van der Waals surface area contributed by atoms with Crippen LogP contribution in [0, 0.1) is 0 Å². The molecule has 2 amide bonds. The molecule has 0 aromatic heterocycles. The predicted octanol–water partition coefficient (Wildman–Crippen LogP) is 4.01. The van der Waals surface area contributed by atoms with Crippen molar-refractivity contribution in [3.63, 3.8) is 0 Å². The van der Waals surface area contributed by atoms with Gasteiger partial charge in [-0.3, -0.25) is 9.59 Å². The third kappa shape index (κ3) is 5.29. The van der Waals surface area contributed by atoms with Gasteiger partial charge in [-0.1, -0.05) is 31.2 Å². The summed E-state index contributed by atoms with van der Waals surface area (Å²) in [5, 5.41) is 3.22. The lowest BCUT2D eigenvalue weighted by Crippen LogP contribution is -2.39. The van der Waals surface area contributed by atoms with Gasteiger partial charge in [-0.25, -0.2) is 0 Å². The second kappa shape index (κ2) is 9.64. The number of carbonyl (C=O) groups excluding carboxylic acids is 2. The molecule has 2 aromatic carbocycles. The molecule has 1 aliphatic heterocycles. The summed E-state index contributed by atoms with van der Waals surface area (Å²) in [5.41, 5.74) is 1.95. The summed E-state index contributed by atoms with van der Waals surface area (Å²) in [6, 6.07) is 15.6. The Morgan fingerprint density at radius 2 is 1.89 bits per heavy atom. The highest BCUT2D eigenvalue weighted by Gasteiger charge is 2.26. The minimum Gasteiger partial charge on any atom is -0.494 e. The first-order valence-corrected chi connectivity index (χ1v) is 10.5. The Balaban J connectivity index is 1.48. The van der Waals surface area contributed by atoms with Crippen LogP contribution in [0.25, 0.3) is 0 Å². The summed E-state index contributed by atoms with van der Waals surface area (Å²) in [6.45, 7) is 5.80. The van der Waals surface area contributed by atoms with Crippen molar-refractivity contribution < 1.29 is 14.3 Å². The number of carbonyl (C=O) groups is 2. The van der Waals surface area contributed by atoms with Crippen molar-refractivity contribution >= 4 is 29.3 Å². The minimum absolute atomic E-state index is 0.00387. The first-order chi connectivity index (χ1) is 13.6. The second-order valence-electron chi connectivity index (χ2n) is 6.75. The smallest absolute Gasteiger partial charge is 0.227 e. The molecular formula is C22H26N2O3S. The Morgan fingerprint density at radius 1 is 1.14 bits per heavy atom. The average molecular weight is 399 g/mol. The first kappa shape index (κ1) is 20.3. The van der Waals surface area contributed by atoms with Crippen LogP contribution >= 0.6 is 11.8 Å². The minimum atomic E-state index is -0.116. The fraction of sp³-hybridized carbons (Fsp3) is 0.364. The van der Waals surface area contributed by atoms with Gasteiger partial charge in [0.25, 0.3) is 0 Å². The molecule has 1 aliphatic rings. The van der Waals surface area contributed by atoms with Crippen molar-refractivity contribution in [1.29, 1.82) is 0 Å². The number of thioether (sulfide) groups is 1. The molecule has 6 heteroatoms. The quantitative estimate of drug-likeness (QED) is 0.766. The Kier molecular flexibility index (Phi) is 6.98. The monoisotopic (exact) mass is 398 g/mol. The van der Waals surface area contributed by atoms with Crippen molar-refractivity contribution in [1.82, 2.24) is 5.32 Å². The molecule has 3 rings (SSSR count). The van der Waals surface area contributed by atoms with Gasteiger partial charge in [0.05, 0.1) is 12.3 Å². The van der Waals surface area contributed by atoms with Gasteiger partial charge in [0.1, 0.15) is 5.75 Å². The zero-order chi connectivity index (χ0) is 19.9. The van der Waals surface area contributed by atoms with Crippen LogP contribution in [-0.2, 0) is 16.1 Å². The standard InChI is InChI=1S/C22H26N2O3S/c1-3-27-18-10-8-17(9-11-18)14-23-21(25)12-13-22(26)24-15-16(2)28-20-7-5-4-6-19(20)24/h4-11,16H,3,12-15H2,1-2H3,(H,23,25)/t16-/m1/s1. The van der Waals surface area contributed by atoms with E-state index in [1.807, 2.05) is 60.4 Å². The third-order valence-corrected chi connectivity index (χ3v) is 5.67.